The first-order valence-corrected chi connectivity index (χ1v) is 12.8. The van der Waals surface area contributed by atoms with E-state index in [-0.39, 0.29) is 11.7 Å². The van der Waals surface area contributed by atoms with Crippen LogP contribution in [-0.4, -0.2) is 39.5 Å². The molecule has 3 aromatic heterocycles. The largest absolute Gasteiger partial charge is 0.465 e. The van der Waals surface area contributed by atoms with Gasteiger partial charge in [-0.25, -0.2) is 4.79 Å². The number of aromatic nitrogens is 3. The van der Waals surface area contributed by atoms with E-state index in [0.29, 0.717) is 15.7 Å². The van der Waals surface area contributed by atoms with Gasteiger partial charge in [-0.3, -0.25) is 4.79 Å². The number of fused-ring (bicyclic) bond motifs is 1. The van der Waals surface area contributed by atoms with Gasteiger partial charge in [-0.05, 0) is 37.3 Å². The maximum Gasteiger partial charge on any atom is 0.341 e. The van der Waals surface area contributed by atoms with Gasteiger partial charge < -0.3 is 14.6 Å². The van der Waals surface area contributed by atoms with Crippen LogP contribution in [-0.2, 0) is 35.8 Å². The Morgan fingerprint density at radius 2 is 2.16 bits per heavy atom. The summed E-state index contributed by atoms with van der Waals surface area (Å²) in [5.74, 6) is 0.405. The SMILES string of the molecule is CCCc1cc(-c2nnc(SCC(=O)Nc3sc4c(c3C(=O)OC)CCC4)n2C)cs1. The van der Waals surface area contributed by atoms with Crippen molar-refractivity contribution in [1.29, 1.82) is 0 Å². The Kier molecular flexibility index (Phi) is 6.78. The highest BCUT2D eigenvalue weighted by atomic mass is 32.2. The predicted molar refractivity (Wildman–Crippen MR) is 125 cm³/mol. The lowest BCUT2D eigenvalue weighted by Crippen LogP contribution is -2.16. The molecule has 0 spiro atoms. The molecule has 1 aliphatic carbocycles. The summed E-state index contributed by atoms with van der Waals surface area (Å²) >= 11 is 4.54. The Morgan fingerprint density at radius 3 is 2.94 bits per heavy atom. The van der Waals surface area contributed by atoms with Gasteiger partial charge in [-0.2, -0.15) is 0 Å². The summed E-state index contributed by atoms with van der Waals surface area (Å²) in [6.07, 6.45) is 5.00. The molecule has 0 bridgehead atoms. The smallest absolute Gasteiger partial charge is 0.341 e. The molecule has 0 unspecified atom stereocenters. The van der Waals surface area contributed by atoms with Crippen LogP contribution in [0.15, 0.2) is 16.6 Å². The summed E-state index contributed by atoms with van der Waals surface area (Å²) in [7, 11) is 3.28. The molecule has 3 heterocycles. The van der Waals surface area contributed by atoms with Crippen molar-refractivity contribution in [1.82, 2.24) is 14.8 Å². The quantitative estimate of drug-likeness (QED) is 0.379. The maximum absolute atomic E-state index is 12.6. The summed E-state index contributed by atoms with van der Waals surface area (Å²) < 4.78 is 6.85. The van der Waals surface area contributed by atoms with Crippen molar-refractivity contribution in [3.8, 4) is 11.4 Å². The molecule has 7 nitrogen and oxygen atoms in total. The fourth-order valence-corrected chi connectivity index (χ4v) is 6.64. The molecule has 0 saturated carbocycles. The van der Waals surface area contributed by atoms with Crippen molar-refractivity contribution >= 4 is 51.3 Å². The van der Waals surface area contributed by atoms with Crippen LogP contribution in [0.1, 0.15) is 45.4 Å². The van der Waals surface area contributed by atoms with Gasteiger partial charge in [-0.15, -0.1) is 32.9 Å². The number of thiophene rings is 2. The Bertz CT molecular complexity index is 1120. The number of ether oxygens (including phenoxy) is 1. The second kappa shape index (κ2) is 9.54. The number of carbonyl (C=O) groups is 2. The van der Waals surface area contributed by atoms with Crippen molar-refractivity contribution in [2.75, 3.05) is 18.2 Å². The number of methoxy groups -OCH3 is 1. The second-order valence-electron chi connectivity index (χ2n) is 7.31. The van der Waals surface area contributed by atoms with Crippen LogP contribution in [0.2, 0.25) is 0 Å². The molecule has 3 aromatic rings. The van der Waals surface area contributed by atoms with E-state index in [4.69, 9.17) is 4.74 Å². The number of anilines is 1. The van der Waals surface area contributed by atoms with Crippen LogP contribution in [0.25, 0.3) is 11.4 Å². The Hall–Kier alpha value is -2.17. The van der Waals surface area contributed by atoms with Crippen LogP contribution in [0, 0.1) is 0 Å². The number of thioether (sulfide) groups is 1. The van der Waals surface area contributed by atoms with E-state index in [1.54, 1.807) is 11.3 Å². The molecule has 1 amide bonds. The first kappa shape index (κ1) is 22.0. The van der Waals surface area contributed by atoms with Crippen molar-refractivity contribution in [2.45, 2.75) is 44.2 Å². The van der Waals surface area contributed by atoms with E-state index < -0.39 is 5.97 Å². The molecule has 4 rings (SSSR count). The standard InChI is InChI=1S/C21H24N4O3S3/c1-4-6-13-9-12(10-29-13)18-23-24-21(25(18)2)30-11-16(26)22-19-17(20(27)28-3)14-7-5-8-15(14)31-19/h9-10H,4-8,11H2,1-3H3,(H,22,26). The Labute approximate surface area is 193 Å². The monoisotopic (exact) mass is 476 g/mol. The minimum atomic E-state index is -0.390. The third kappa shape index (κ3) is 4.56. The Morgan fingerprint density at radius 1 is 1.32 bits per heavy atom. The van der Waals surface area contributed by atoms with Crippen molar-refractivity contribution in [2.24, 2.45) is 7.05 Å². The van der Waals surface area contributed by atoms with E-state index in [0.717, 1.165) is 49.1 Å². The zero-order chi connectivity index (χ0) is 22.0. The molecule has 0 atom stereocenters. The topological polar surface area (TPSA) is 86.1 Å². The van der Waals surface area contributed by atoms with E-state index in [9.17, 15) is 9.59 Å². The van der Waals surface area contributed by atoms with Gasteiger partial charge in [0.05, 0.1) is 18.4 Å². The highest BCUT2D eigenvalue weighted by Gasteiger charge is 2.28. The molecular formula is C21H24N4O3S3. The molecule has 0 radical (unpaired) electrons. The number of rotatable bonds is 8. The summed E-state index contributed by atoms with van der Waals surface area (Å²) in [5.41, 5.74) is 2.59. The molecular weight excluding hydrogens is 452 g/mol. The van der Waals surface area contributed by atoms with Crippen molar-refractivity contribution < 1.29 is 14.3 Å². The average Bonchev–Trinajstić information content (AvgIpc) is 3.51. The molecule has 31 heavy (non-hydrogen) atoms. The van der Waals surface area contributed by atoms with Gasteiger partial charge in [0.1, 0.15) is 5.00 Å². The summed E-state index contributed by atoms with van der Waals surface area (Å²) in [5, 5.41) is 14.8. The minimum absolute atomic E-state index is 0.180. The van der Waals surface area contributed by atoms with Gasteiger partial charge in [0.25, 0.3) is 0 Å². The number of esters is 1. The third-order valence-corrected chi connectivity index (χ3v) is 8.36. The van der Waals surface area contributed by atoms with Crippen LogP contribution < -0.4 is 5.32 Å². The van der Waals surface area contributed by atoms with E-state index >= 15 is 0 Å². The minimum Gasteiger partial charge on any atom is -0.465 e. The van der Waals surface area contributed by atoms with Gasteiger partial charge in [0, 0.05) is 27.7 Å². The predicted octanol–water partition coefficient (Wildman–Crippen LogP) is 4.56. The van der Waals surface area contributed by atoms with Gasteiger partial charge >= 0.3 is 5.97 Å². The Balaban J connectivity index is 1.42. The zero-order valence-corrected chi connectivity index (χ0v) is 20.1. The molecule has 164 valence electrons. The molecule has 0 aliphatic heterocycles. The first-order valence-electron chi connectivity index (χ1n) is 10.1. The number of carbonyl (C=O) groups excluding carboxylic acids is 2. The van der Waals surface area contributed by atoms with Crippen LogP contribution in [0.3, 0.4) is 0 Å². The summed E-state index contributed by atoms with van der Waals surface area (Å²) in [6, 6.07) is 2.16. The second-order valence-corrected chi connectivity index (χ2v) is 10.4. The lowest BCUT2D eigenvalue weighted by molar-refractivity contribution is -0.113. The number of amides is 1. The summed E-state index contributed by atoms with van der Waals surface area (Å²) in [6.45, 7) is 2.17. The van der Waals surface area contributed by atoms with Crippen molar-refractivity contribution in [3.05, 3.63) is 32.3 Å². The van der Waals surface area contributed by atoms with Gasteiger partial charge in [0.2, 0.25) is 5.91 Å². The van der Waals surface area contributed by atoms with Gasteiger partial charge in [0.15, 0.2) is 11.0 Å². The molecule has 10 heteroatoms. The highest BCUT2D eigenvalue weighted by Crippen LogP contribution is 2.39. The zero-order valence-electron chi connectivity index (χ0n) is 17.7. The van der Waals surface area contributed by atoms with E-state index in [1.165, 1.54) is 40.0 Å². The van der Waals surface area contributed by atoms with Crippen molar-refractivity contribution in [3.63, 3.8) is 0 Å². The molecule has 0 fully saturated rings. The van der Waals surface area contributed by atoms with E-state index in [1.807, 2.05) is 11.6 Å². The maximum atomic E-state index is 12.6. The number of nitrogens with zero attached hydrogens (tertiary/aromatic N) is 3. The highest BCUT2D eigenvalue weighted by molar-refractivity contribution is 7.99. The summed E-state index contributed by atoms with van der Waals surface area (Å²) in [4.78, 5) is 27.4. The number of hydrogen-bond acceptors (Lipinski definition) is 8. The normalized spacial score (nSPS) is 12.7. The van der Waals surface area contributed by atoms with Crippen LogP contribution >= 0.6 is 34.4 Å². The third-order valence-electron chi connectivity index (χ3n) is 5.14. The van der Waals surface area contributed by atoms with Crippen LogP contribution in [0.4, 0.5) is 5.00 Å². The molecule has 0 aromatic carbocycles. The fourth-order valence-electron chi connectivity index (χ4n) is 3.67. The fraction of sp³-hybridized carbons (Fsp3) is 0.429. The van der Waals surface area contributed by atoms with Crippen LogP contribution in [0.5, 0.6) is 0 Å². The molecule has 1 aliphatic rings. The lowest BCUT2D eigenvalue weighted by atomic mass is 10.1. The lowest BCUT2D eigenvalue weighted by Gasteiger charge is -2.07. The number of nitrogens with one attached hydrogen (secondary N) is 1. The van der Waals surface area contributed by atoms with Gasteiger partial charge in [-0.1, -0.05) is 25.1 Å². The first-order chi connectivity index (χ1) is 15.0. The van der Waals surface area contributed by atoms with E-state index in [2.05, 4.69) is 33.9 Å². The average molecular weight is 477 g/mol. The number of hydrogen-bond donors (Lipinski definition) is 1. The molecule has 1 N–H and O–H groups in total. The number of aryl methyl sites for hydroxylation is 2. The molecule has 0 saturated heterocycles.